The molecule has 0 atom stereocenters. The van der Waals surface area contributed by atoms with Gasteiger partial charge < -0.3 is 15.4 Å². The van der Waals surface area contributed by atoms with Crippen LogP contribution < -0.4 is 10.6 Å². The molecule has 0 radical (unpaired) electrons. The molecule has 0 spiro atoms. The Morgan fingerprint density at radius 3 is 2.58 bits per heavy atom. The summed E-state index contributed by atoms with van der Waals surface area (Å²) in [5, 5.41) is 9.62. The van der Waals surface area contributed by atoms with Crippen LogP contribution in [0.5, 0.6) is 0 Å². The maximum atomic E-state index is 13.0. The SMILES string of the molecule is CC(C)(C)OC(=O)NCCNC(=O)c1c(-c2ccc3ccccc3c2)nc2sccn12. The number of aromatic nitrogens is 2. The number of alkyl carbamates (subject to hydrolysis) is 1. The third kappa shape index (κ3) is 4.69. The molecular weight excluding hydrogens is 412 g/mol. The predicted molar refractivity (Wildman–Crippen MR) is 123 cm³/mol. The van der Waals surface area contributed by atoms with E-state index in [-0.39, 0.29) is 19.0 Å². The van der Waals surface area contributed by atoms with Gasteiger partial charge in [-0.25, -0.2) is 9.78 Å². The number of imidazole rings is 1. The maximum Gasteiger partial charge on any atom is 0.407 e. The number of amides is 2. The van der Waals surface area contributed by atoms with Crippen molar-refractivity contribution in [3.05, 3.63) is 59.7 Å². The van der Waals surface area contributed by atoms with Crippen LogP contribution in [0.4, 0.5) is 4.79 Å². The Morgan fingerprint density at radius 1 is 1.06 bits per heavy atom. The zero-order valence-electron chi connectivity index (χ0n) is 17.6. The first kappa shape index (κ1) is 20.9. The molecule has 0 unspecified atom stereocenters. The fourth-order valence-corrected chi connectivity index (χ4v) is 3.99. The van der Waals surface area contributed by atoms with Crippen molar-refractivity contribution in [3.63, 3.8) is 0 Å². The standard InChI is InChI=1S/C23H24N4O3S/c1-23(2,3)30-22(29)25-11-10-24-20(28)19-18(26-21-27(19)12-13-31-21)17-9-8-15-6-4-5-7-16(15)14-17/h4-9,12-14H,10-11H2,1-3H3,(H,24,28)(H,25,29). The number of fused-ring (bicyclic) bond motifs is 2. The maximum absolute atomic E-state index is 13.0. The molecule has 0 aliphatic heterocycles. The van der Waals surface area contributed by atoms with Crippen molar-refractivity contribution in [2.75, 3.05) is 13.1 Å². The highest BCUT2D eigenvalue weighted by Gasteiger charge is 2.21. The second-order valence-corrected chi connectivity index (χ2v) is 8.98. The summed E-state index contributed by atoms with van der Waals surface area (Å²) < 4.78 is 7.00. The monoisotopic (exact) mass is 436 g/mol. The first-order valence-electron chi connectivity index (χ1n) is 10.0. The second kappa shape index (κ2) is 8.39. The lowest BCUT2D eigenvalue weighted by molar-refractivity contribution is 0.0526. The number of carbonyl (C=O) groups excluding carboxylic acids is 2. The van der Waals surface area contributed by atoms with Crippen LogP contribution >= 0.6 is 11.3 Å². The molecule has 0 aliphatic rings. The summed E-state index contributed by atoms with van der Waals surface area (Å²) in [6.07, 6.45) is 1.33. The predicted octanol–water partition coefficient (Wildman–Crippen LogP) is 4.47. The minimum absolute atomic E-state index is 0.250. The van der Waals surface area contributed by atoms with E-state index in [0.717, 1.165) is 21.3 Å². The number of nitrogens with one attached hydrogen (secondary N) is 2. The Hall–Kier alpha value is -3.39. The molecule has 2 N–H and O–H groups in total. The van der Waals surface area contributed by atoms with Gasteiger partial charge in [-0.3, -0.25) is 9.20 Å². The van der Waals surface area contributed by atoms with Gasteiger partial charge in [0, 0.05) is 30.2 Å². The van der Waals surface area contributed by atoms with E-state index in [9.17, 15) is 9.59 Å². The molecule has 0 aliphatic carbocycles. The second-order valence-electron chi connectivity index (χ2n) is 8.11. The van der Waals surface area contributed by atoms with Crippen molar-refractivity contribution in [1.82, 2.24) is 20.0 Å². The molecule has 31 heavy (non-hydrogen) atoms. The van der Waals surface area contributed by atoms with Crippen LogP contribution in [0.3, 0.4) is 0 Å². The Bertz CT molecular complexity index is 1250. The number of thiazole rings is 1. The van der Waals surface area contributed by atoms with Crippen molar-refractivity contribution in [2.45, 2.75) is 26.4 Å². The first-order valence-corrected chi connectivity index (χ1v) is 10.9. The minimum atomic E-state index is -0.565. The van der Waals surface area contributed by atoms with Gasteiger partial charge in [0.05, 0.1) is 0 Å². The molecular formula is C23H24N4O3S. The molecule has 2 aromatic carbocycles. The van der Waals surface area contributed by atoms with Crippen LogP contribution in [-0.2, 0) is 4.74 Å². The van der Waals surface area contributed by atoms with Crippen LogP contribution in [0.25, 0.3) is 27.0 Å². The molecule has 2 aromatic heterocycles. The van der Waals surface area contributed by atoms with E-state index >= 15 is 0 Å². The number of ether oxygens (including phenoxy) is 1. The van der Waals surface area contributed by atoms with Gasteiger partial charge in [0.2, 0.25) is 0 Å². The average Bonchev–Trinajstić information content (AvgIpc) is 3.30. The number of nitrogens with zero attached hydrogens (tertiary/aromatic N) is 2. The van der Waals surface area contributed by atoms with Gasteiger partial charge in [0.25, 0.3) is 5.91 Å². The first-order chi connectivity index (χ1) is 14.8. The van der Waals surface area contributed by atoms with Crippen LogP contribution in [0, 0.1) is 0 Å². The van der Waals surface area contributed by atoms with Crippen molar-refractivity contribution < 1.29 is 14.3 Å². The summed E-state index contributed by atoms with van der Waals surface area (Å²) in [5.41, 5.74) is 1.43. The fourth-order valence-electron chi connectivity index (χ4n) is 3.28. The Kier molecular flexibility index (Phi) is 5.65. The highest BCUT2D eigenvalue weighted by molar-refractivity contribution is 7.15. The van der Waals surface area contributed by atoms with E-state index in [1.54, 1.807) is 25.2 Å². The van der Waals surface area contributed by atoms with Gasteiger partial charge >= 0.3 is 6.09 Å². The van der Waals surface area contributed by atoms with E-state index < -0.39 is 11.7 Å². The van der Waals surface area contributed by atoms with Gasteiger partial charge in [-0.05, 0) is 37.6 Å². The van der Waals surface area contributed by atoms with Gasteiger partial charge in [-0.1, -0.05) is 36.4 Å². The van der Waals surface area contributed by atoms with E-state index in [1.165, 1.54) is 11.3 Å². The van der Waals surface area contributed by atoms with Crippen molar-refractivity contribution in [2.24, 2.45) is 0 Å². The third-order valence-electron chi connectivity index (χ3n) is 4.58. The summed E-state index contributed by atoms with van der Waals surface area (Å²) >= 11 is 1.47. The van der Waals surface area contributed by atoms with Crippen LogP contribution in [0.2, 0.25) is 0 Å². The minimum Gasteiger partial charge on any atom is -0.444 e. The van der Waals surface area contributed by atoms with Crippen molar-refractivity contribution >= 4 is 39.1 Å². The Balaban J connectivity index is 1.52. The van der Waals surface area contributed by atoms with E-state index in [0.29, 0.717) is 11.4 Å². The highest BCUT2D eigenvalue weighted by Crippen LogP contribution is 2.29. The molecule has 2 heterocycles. The molecule has 7 nitrogen and oxygen atoms in total. The van der Waals surface area contributed by atoms with Gasteiger partial charge in [0.1, 0.15) is 17.0 Å². The highest BCUT2D eigenvalue weighted by atomic mass is 32.1. The van der Waals surface area contributed by atoms with Gasteiger partial charge in [-0.15, -0.1) is 11.3 Å². The van der Waals surface area contributed by atoms with E-state index in [2.05, 4.69) is 16.7 Å². The molecule has 2 amide bonds. The Morgan fingerprint density at radius 2 is 1.81 bits per heavy atom. The van der Waals surface area contributed by atoms with Crippen LogP contribution in [0.1, 0.15) is 31.3 Å². The lowest BCUT2D eigenvalue weighted by atomic mass is 10.0. The number of rotatable bonds is 5. The van der Waals surface area contributed by atoms with Crippen molar-refractivity contribution in [3.8, 4) is 11.3 Å². The molecule has 160 valence electrons. The van der Waals surface area contributed by atoms with Gasteiger partial charge in [-0.2, -0.15) is 0 Å². The largest absolute Gasteiger partial charge is 0.444 e. The molecule has 0 saturated heterocycles. The molecule has 4 aromatic rings. The summed E-state index contributed by atoms with van der Waals surface area (Å²) in [6.45, 7) is 5.93. The molecule has 4 rings (SSSR count). The van der Waals surface area contributed by atoms with E-state index in [4.69, 9.17) is 9.72 Å². The number of carbonyl (C=O) groups is 2. The van der Waals surface area contributed by atoms with Gasteiger partial charge in [0.15, 0.2) is 4.96 Å². The molecule has 0 fully saturated rings. The number of benzene rings is 2. The molecule has 0 bridgehead atoms. The summed E-state index contributed by atoms with van der Waals surface area (Å²) in [6, 6.07) is 14.1. The molecule has 0 saturated carbocycles. The fraction of sp³-hybridized carbons (Fsp3) is 0.261. The van der Waals surface area contributed by atoms with E-state index in [1.807, 2.05) is 48.0 Å². The summed E-state index contributed by atoms with van der Waals surface area (Å²) in [7, 11) is 0. The molecule has 8 heteroatoms. The van der Waals surface area contributed by atoms with Crippen LogP contribution in [-0.4, -0.2) is 40.1 Å². The number of hydrogen-bond acceptors (Lipinski definition) is 5. The zero-order chi connectivity index (χ0) is 22.0. The Labute approximate surface area is 184 Å². The zero-order valence-corrected chi connectivity index (χ0v) is 18.5. The quantitative estimate of drug-likeness (QED) is 0.452. The topological polar surface area (TPSA) is 84.7 Å². The summed E-state index contributed by atoms with van der Waals surface area (Å²) in [4.78, 5) is 30.2. The van der Waals surface area contributed by atoms with Crippen LogP contribution in [0.15, 0.2) is 54.0 Å². The lowest BCUT2D eigenvalue weighted by Gasteiger charge is -2.19. The smallest absolute Gasteiger partial charge is 0.407 e. The lowest BCUT2D eigenvalue weighted by Crippen LogP contribution is -2.38. The summed E-state index contributed by atoms with van der Waals surface area (Å²) in [5.74, 6) is -0.250. The average molecular weight is 437 g/mol. The third-order valence-corrected chi connectivity index (χ3v) is 5.34. The number of hydrogen-bond donors (Lipinski definition) is 2. The van der Waals surface area contributed by atoms with Crippen molar-refractivity contribution in [1.29, 1.82) is 0 Å². The normalized spacial score (nSPS) is 11.6.